The van der Waals surface area contributed by atoms with Gasteiger partial charge in [-0.2, -0.15) is 0 Å². The van der Waals surface area contributed by atoms with Crippen molar-refractivity contribution in [2.24, 2.45) is 11.8 Å². The summed E-state index contributed by atoms with van der Waals surface area (Å²) in [7, 11) is 2.02. The first-order chi connectivity index (χ1) is 9.22. The van der Waals surface area contributed by atoms with Crippen LogP contribution in [0.25, 0.3) is 0 Å². The van der Waals surface area contributed by atoms with Gasteiger partial charge in [0.2, 0.25) is 0 Å². The first-order valence-electron chi connectivity index (χ1n) is 7.70. The number of benzene rings is 1. The summed E-state index contributed by atoms with van der Waals surface area (Å²) in [4.78, 5) is 2.59. The molecule has 1 aliphatic rings. The highest BCUT2D eigenvalue weighted by atomic mass is 15.1. The quantitative estimate of drug-likeness (QED) is 0.888. The molecule has 2 nitrogen and oxygen atoms in total. The summed E-state index contributed by atoms with van der Waals surface area (Å²) < 4.78 is 0. The number of nitrogens with one attached hydrogen (secondary N) is 1. The van der Waals surface area contributed by atoms with Crippen LogP contribution in [0.15, 0.2) is 24.3 Å². The number of para-hydroxylation sites is 1. The fourth-order valence-corrected chi connectivity index (χ4v) is 3.19. The van der Waals surface area contributed by atoms with Crippen LogP contribution in [0.2, 0.25) is 0 Å². The van der Waals surface area contributed by atoms with Gasteiger partial charge in [0.25, 0.3) is 0 Å². The van der Waals surface area contributed by atoms with Gasteiger partial charge in [-0.05, 0) is 49.8 Å². The Morgan fingerprint density at radius 1 is 1.21 bits per heavy atom. The first-order valence-corrected chi connectivity index (χ1v) is 7.70. The summed E-state index contributed by atoms with van der Waals surface area (Å²) in [6, 6.07) is 8.84. The van der Waals surface area contributed by atoms with Gasteiger partial charge in [-0.25, -0.2) is 0 Å². The average Bonchev–Trinajstić information content (AvgIpc) is 2.65. The molecular weight excluding hydrogens is 232 g/mol. The number of rotatable bonds is 4. The molecule has 1 saturated heterocycles. The van der Waals surface area contributed by atoms with Crippen LogP contribution >= 0.6 is 0 Å². The van der Waals surface area contributed by atoms with Gasteiger partial charge in [0.05, 0.1) is 0 Å². The van der Waals surface area contributed by atoms with E-state index in [0.29, 0.717) is 0 Å². The molecule has 1 aliphatic heterocycles. The smallest absolute Gasteiger partial charge is 0.0411 e. The highest BCUT2D eigenvalue weighted by molar-refractivity contribution is 5.53. The van der Waals surface area contributed by atoms with Crippen molar-refractivity contribution in [3.8, 4) is 0 Å². The number of nitrogens with zero attached hydrogens (tertiary/aromatic N) is 1. The predicted octanol–water partition coefficient (Wildman–Crippen LogP) is 3.67. The fraction of sp³-hybridized carbons (Fsp3) is 0.647. The number of hydrogen-bond donors (Lipinski definition) is 1. The predicted molar refractivity (Wildman–Crippen MR) is 83.6 cm³/mol. The second kappa shape index (κ2) is 6.95. The third-order valence-electron chi connectivity index (χ3n) is 4.42. The second-order valence-electron chi connectivity index (χ2n) is 6.08. The molecule has 0 aliphatic carbocycles. The minimum atomic E-state index is 0.826. The summed E-state index contributed by atoms with van der Waals surface area (Å²) in [6.45, 7) is 8.12. The third kappa shape index (κ3) is 3.73. The average molecular weight is 260 g/mol. The summed E-state index contributed by atoms with van der Waals surface area (Å²) in [5.41, 5.74) is 2.86. The van der Waals surface area contributed by atoms with E-state index in [9.17, 15) is 0 Å². The Hall–Kier alpha value is -1.02. The zero-order chi connectivity index (χ0) is 13.7. The number of anilines is 1. The molecule has 2 heteroatoms. The molecule has 2 rings (SSSR count). The minimum absolute atomic E-state index is 0.826. The lowest BCUT2D eigenvalue weighted by Crippen LogP contribution is -2.26. The van der Waals surface area contributed by atoms with Crippen LogP contribution in [0, 0.1) is 11.8 Å². The van der Waals surface area contributed by atoms with E-state index in [1.807, 2.05) is 7.05 Å². The normalized spacial score (nSPS) is 20.6. The molecule has 0 saturated carbocycles. The molecule has 0 aromatic heterocycles. The van der Waals surface area contributed by atoms with Crippen molar-refractivity contribution in [2.75, 3.05) is 25.0 Å². The van der Waals surface area contributed by atoms with Crippen LogP contribution in [0.1, 0.15) is 38.7 Å². The lowest BCUT2D eigenvalue weighted by atomic mass is 9.89. The highest BCUT2D eigenvalue weighted by Crippen LogP contribution is 2.28. The molecule has 1 N–H and O–H groups in total. The van der Waals surface area contributed by atoms with E-state index >= 15 is 0 Å². The Bertz CT molecular complexity index is 387. The van der Waals surface area contributed by atoms with Crippen molar-refractivity contribution in [2.45, 2.75) is 39.7 Å². The molecule has 1 unspecified atom stereocenters. The van der Waals surface area contributed by atoms with Crippen molar-refractivity contribution in [1.82, 2.24) is 5.32 Å². The monoisotopic (exact) mass is 260 g/mol. The molecule has 1 fully saturated rings. The van der Waals surface area contributed by atoms with Crippen LogP contribution in [0.5, 0.6) is 0 Å². The summed E-state index contributed by atoms with van der Waals surface area (Å²) in [5.74, 6) is 1.73. The number of hydrogen-bond acceptors (Lipinski definition) is 2. The molecule has 0 spiro atoms. The van der Waals surface area contributed by atoms with Gasteiger partial charge < -0.3 is 10.2 Å². The van der Waals surface area contributed by atoms with E-state index in [-0.39, 0.29) is 0 Å². The van der Waals surface area contributed by atoms with Crippen molar-refractivity contribution in [1.29, 1.82) is 0 Å². The lowest BCUT2D eigenvalue weighted by molar-refractivity contribution is 0.351. The minimum Gasteiger partial charge on any atom is -0.371 e. The van der Waals surface area contributed by atoms with E-state index < -0.39 is 0 Å². The molecule has 1 aromatic carbocycles. The Balaban J connectivity index is 2.09. The lowest BCUT2D eigenvalue weighted by Gasteiger charge is -2.26. The second-order valence-corrected chi connectivity index (χ2v) is 6.08. The Kier molecular flexibility index (Phi) is 5.26. The molecular formula is C17H28N2. The molecule has 0 radical (unpaired) electrons. The molecule has 1 atom stereocenters. The van der Waals surface area contributed by atoms with Crippen molar-refractivity contribution in [3.63, 3.8) is 0 Å². The van der Waals surface area contributed by atoms with Gasteiger partial charge in [-0.3, -0.25) is 0 Å². The van der Waals surface area contributed by atoms with Crippen LogP contribution in [0.4, 0.5) is 5.69 Å². The molecule has 1 aromatic rings. The zero-order valence-electron chi connectivity index (χ0n) is 12.7. The van der Waals surface area contributed by atoms with E-state index in [1.54, 1.807) is 0 Å². The van der Waals surface area contributed by atoms with E-state index in [0.717, 1.165) is 18.4 Å². The van der Waals surface area contributed by atoms with Crippen molar-refractivity contribution < 1.29 is 0 Å². The van der Waals surface area contributed by atoms with E-state index in [1.165, 1.54) is 43.6 Å². The largest absolute Gasteiger partial charge is 0.371 e. The Morgan fingerprint density at radius 2 is 2.00 bits per heavy atom. The summed E-state index contributed by atoms with van der Waals surface area (Å²) in [5, 5.41) is 3.28. The van der Waals surface area contributed by atoms with Gasteiger partial charge >= 0.3 is 0 Å². The van der Waals surface area contributed by atoms with Crippen LogP contribution in [-0.4, -0.2) is 20.1 Å². The maximum Gasteiger partial charge on any atom is 0.0411 e. The van der Waals surface area contributed by atoms with E-state index in [2.05, 4.69) is 48.3 Å². The van der Waals surface area contributed by atoms with Gasteiger partial charge in [0.1, 0.15) is 0 Å². The van der Waals surface area contributed by atoms with Crippen molar-refractivity contribution >= 4 is 5.69 Å². The van der Waals surface area contributed by atoms with Gasteiger partial charge in [0.15, 0.2) is 0 Å². The van der Waals surface area contributed by atoms with Gasteiger partial charge in [0, 0.05) is 25.3 Å². The standard InChI is InChI=1S/C17H28N2/c1-14(2)15-8-6-11-19(12-10-15)17-9-5-4-7-16(17)13-18-3/h4-5,7,9,14-15,18H,6,8,10-13H2,1-3H3. The molecule has 0 bridgehead atoms. The van der Waals surface area contributed by atoms with Crippen LogP contribution in [-0.2, 0) is 6.54 Å². The SMILES string of the molecule is CNCc1ccccc1N1CCCC(C(C)C)CC1. The van der Waals surface area contributed by atoms with Crippen molar-refractivity contribution in [3.05, 3.63) is 29.8 Å². The maximum absolute atomic E-state index is 3.28. The van der Waals surface area contributed by atoms with E-state index in [4.69, 9.17) is 0 Å². The summed E-state index contributed by atoms with van der Waals surface area (Å²) >= 11 is 0. The fourth-order valence-electron chi connectivity index (χ4n) is 3.19. The molecule has 1 heterocycles. The summed E-state index contributed by atoms with van der Waals surface area (Å²) in [6.07, 6.45) is 4.06. The topological polar surface area (TPSA) is 15.3 Å². The highest BCUT2D eigenvalue weighted by Gasteiger charge is 2.20. The Morgan fingerprint density at radius 3 is 2.74 bits per heavy atom. The Labute approximate surface area is 118 Å². The first kappa shape index (κ1) is 14.4. The van der Waals surface area contributed by atoms with Crippen LogP contribution in [0.3, 0.4) is 0 Å². The van der Waals surface area contributed by atoms with Gasteiger partial charge in [-0.15, -0.1) is 0 Å². The molecule has 0 amide bonds. The third-order valence-corrected chi connectivity index (χ3v) is 4.42. The molecule has 106 valence electrons. The maximum atomic E-state index is 3.28. The molecule has 19 heavy (non-hydrogen) atoms. The zero-order valence-corrected chi connectivity index (χ0v) is 12.7. The van der Waals surface area contributed by atoms with Crippen LogP contribution < -0.4 is 10.2 Å². The van der Waals surface area contributed by atoms with Gasteiger partial charge in [-0.1, -0.05) is 32.0 Å².